The molecule has 0 saturated heterocycles. The third-order valence-corrected chi connectivity index (χ3v) is 4.69. The molecule has 0 nitrogen and oxygen atoms in total. The quantitative estimate of drug-likeness (QED) is 0.543. The first kappa shape index (κ1) is 14.1. The summed E-state index contributed by atoms with van der Waals surface area (Å²) in [5, 5.41) is 0. The van der Waals surface area contributed by atoms with E-state index in [1.165, 1.54) is 83.5 Å². The van der Waals surface area contributed by atoms with Crippen LogP contribution in [0.2, 0.25) is 0 Å². The van der Waals surface area contributed by atoms with Gasteiger partial charge in [0, 0.05) is 0 Å². The second kappa shape index (κ2) is 8.14. The molecule has 96 valence electrons. The van der Waals surface area contributed by atoms with Crippen LogP contribution in [0.4, 0.5) is 0 Å². The molecule has 0 unspecified atom stereocenters. The van der Waals surface area contributed by atoms with Gasteiger partial charge in [0.05, 0.1) is 0 Å². The molecule has 0 amide bonds. The lowest BCUT2D eigenvalue weighted by atomic mass is 9.73. The largest absolute Gasteiger partial charge is 0.0654 e. The molecule has 1 aliphatic carbocycles. The molecular formula is C16H32. The van der Waals surface area contributed by atoms with Gasteiger partial charge in [0.1, 0.15) is 0 Å². The van der Waals surface area contributed by atoms with Gasteiger partial charge in [-0.1, -0.05) is 78.1 Å². The maximum Gasteiger partial charge on any atom is -0.0300 e. The summed E-state index contributed by atoms with van der Waals surface area (Å²) in [5.41, 5.74) is 0.721. The van der Waals surface area contributed by atoms with E-state index in [0.29, 0.717) is 0 Å². The monoisotopic (exact) mass is 224 g/mol. The maximum absolute atomic E-state index is 2.43. The Bertz CT molecular complexity index is 147. The van der Waals surface area contributed by atoms with Gasteiger partial charge >= 0.3 is 0 Å². The first-order valence-electron chi connectivity index (χ1n) is 7.83. The summed E-state index contributed by atoms with van der Waals surface area (Å²) in [6, 6.07) is 0. The van der Waals surface area contributed by atoms with Gasteiger partial charge in [-0.3, -0.25) is 0 Å². The van der Waals surface area contributed by atoms with Crippen LogP contribution in [0.25, 0.3) is 0 Å². The minimum absolute atomic E-state index is 0.721. The summed E-state index contributed by atoms with van der Waals surface area (Å²) in [7, 11) is 0. The first-order valence-corrected chi connectivity index (χ1v) is 7.83. The zero-order chi connectivity index (χ0) is 11.7. The van der Waals surface area contributed by atoms with Crippen molar-refractivity contribution in [1.82, 2.24) is 0 Å². The zero-order valence-corrected chi connectivity index (χ0v) is 11.7. The van der Waals surface area contributed by atoms with Crippen molar-refractivity contribution in [3.63, 3.8) is 0 Å². The summed E-state index contributed by atoms with van der Waals surface area (Å²) in [4.78, 5) is 0. The van der Waals surface area contributed by atoms with Gasteiger partial charge in [-0.05, 0) is 24.7 Å². The van der Waals surface area contributed by atoms with E-state index in [2.05, 4.69) is 13.8 Å². The second-order valence-electron chi connectivity index (χ2n) is 5.93. The average Bonchev–Trinajstić information content (AvgIpc) is 2.35. The fraction of sp³-hybridized carbons (Fsp3) is 1.00. The predicted molar refractivity (Wildman–Crippen MR) is 73.8 cm³/mol. The lowest BCUT2D eigenvalue weighted by Crippen LogP contribution is -2.19. The van der Waals surface area contributed by atoms with Crippen LogP contribution in [-0.2, 0) is 0 Å². The van der Waals surface area contributed by atoms with Gasteiger partial charge in [0.2, 0.25) is 0 Å². The minimum Gasteiger partial charge on any atom is -0.0654 e. The van der Waals surface area contributed by atoms with E-state index < -0.39 is 0 Å². The standard InChI is InChI=1S/C16H32/c1-3-13-16(4-2)14-11-9-7-5-6-8-10-12-15-16/h3-15H2,1-2H3. The molecule has 0 aromatic carbocycles. The lowest BCUT2D eigenvalue weighted by molar-refractivity contribution is 0.193. The molecule has 0 radical (unpaired) electrons. The van der Waals surface area contributed by atoms with Crippen LogP contribution < -0.4 is 0 Å². The summed E-state index contributed by atoms with van der Waals surface area (Å²) >= 11 is 0. The molecule has 1 rings (SSSR count). The van der Waals surface area contributed by atoms with Gasteiger partial charge in [-0.2, -0.15) is 0 Å². The van der Waals surface area contributed by atoms with E-state index in [4.69, 9.17) is 0 Å². The minimum atomic E-state index is 0.721. The van der Waals surface area contributed by atoms with Crippen LogP contribution in [0.15, 0.2) is 0 Å². The summed E-state index contributed by atoms with van der Waals surface area (Å²) < 4.78 is 0. The Hall–Kier alpha value is 0. The Morgan fingerprint density at radius 2 is 1.12 bits per heavy atom. The fourth-order valence-corrected chi connectivity index (χ4v) is 3.50. The van der Waals surface area contributed by atoms with Crippen molar-refractivity contribution in [2.24, 2.45) is 5.41 Å². The zero-order valence-electron chi connectivity index (χ0n) is 11.7. The van der Waals surface area contributed by atoms with E-state index in [-0.39, 0.29) is 0 Å². The molecule has 0 spiro atoms. The van der Waals surface area contributed by atoms with Gasteiger partial charge in [-0.15, -0.1) is 0 Å². The summed E-state index contributed by atoms with van der Waals surface area (Å²) in [6.45, 7) is 4.79. The van der Waals surface area contributed by atoms with Crippen LogP contribution in [0.5, 0.6) is 0 Å². The fourth-order valence-electron chi connectivity index (χ4n) is 3.50. The summed E-state index contributed by atoms with van der Waals surface area (Å²) in [6.07, 6.45) is 19.2. The van der Waals surface area contributed by atoms with Crippen LogP contribution in [0.1, 0.15) is 97.3 Å². The molecule has 0 aliphatic heterocycles. The van der Waals surface area contributed by atoms with E-state index in [0.717, 1.165) is 5.41 Å². The predicted octanol–water partition coefficient (Wildman–Crippen LogP) is 6.10. The molecule has 0 N–H and O–H groups in total. The van der Waals surface area contributed by atoms with Gasteiger partial charge in [0.15, 0.2) is 0 Å². The van der Waals surface area contributed by atoms with Crippen molar-refractivity contribution >= 4 is 0 Å². The van der Waals surface area contributed by atoms with Gasteiger partial charge < -0.3 is 0 Å². The highest BCUT2D eigenvalue weighted by atomic mass is 14.3. The highest BCUT2D eigenvalue weighted by Crippen LogP contribution is 2.40. The third-order valence-electron chi connectivity index (χ3n) is 4.69. The molecular weight excluding hydrogens is 192 g/mol. The van der Waals surface area contributed by atoms with Crippen molar-refractivity contribution in [3.8, 4) is 0 Å². The maximum atomic E-state index is 2.43. The Kier molecular flexibility index (Phi) is 7.16. The molecule has 0 aromatic heterocycles. The molecule has 0 bridgehead atoms. The van der Waals surface area contributed by atoms with Crippen molar-refractivity contribution in [1.29, 1.82) is 0 Å². The van der Waals surface area contributed by atoms with E-state index >= 15 is 0 Å². The van der Waals surface area contributed by atoms with Crippen LogP contribution in [-0.4, -0.2) is 0 Å². The average molecular weight is 224 g/mol. The Labute approximate surface area is 103 Å². The highest BCUT2D eigenvalue weighted by Gasteiger charge is 2.25. The normalized spacial score (nSPS) is 23.6. The number of hydrogen-bond acceptors (Lipinski definition) is 0. The molecule has 0 aromatic rings. The molecule has 16 heavy (non-hydrogen) atoms. The molecule has 0 heterocycles. The van der Waals surface area contributed by atoms with Crippen molar-refractivity contribution in [2.75, 3.05) is 0 Å². The van der Waals surface area contributed by atoms with E-state index in [9.17, 15) is 0 Å². The van der Waals surface area contributed by atoms with Crippen molar-refractivity contribution < 1.29 is 0 Å². The van der Waals surface area contributed by atoms with E-state index in [1.54, 1.807) is 0 Å². The Balaban J connectivity index is 2.48. The van der Waals surface area contributed by atoms with Crippen molar-refractivity contribution in [3.05, 3.63) is 0 Å². The molecule has 1 fully saturated rings. The second-order valence-corrected chi connectivity index (χ2v) is 5.93. The number of rotatable bonds is 3. The third kappa shape index (κ3) is 4.89. The highest BCUT2D eigenvalue weighted by molar-refractivity contribution is 4.78. The van der Waals surface area contributed by atoms with Crippen LogP contribution in [0.3, 0.4) is 0 Å². The van der Waals surface area contributed by atoms with Crippen LogP contribution in [0, 0.1) is 5.41 Å². The first-order chi connectivity index (χ1) is 7.83. The lowest BCUT2D eigenvalue weighted by Gasteiger charge is -2.33. The number of hydrogen-bond donors (Lipinski definition) is 0. The molecule has 1 saturated carbocycles. The van der Waals surface area contributed by atoms with Crippen LogP contribution >= 0.6 is 0 Å². The van der Waals surface area contributed by atoms with Crippen molar-refractivity contribution in [2.45, 2.75) is 97.3 Å². The smallest absolute Gasteiger partial charge is 0.0300 e. The molecule has 0 atom stereocenters. The van der Waals surface area contributed by atoms with Gasteiger partial charge in [-0.25, -0.2) is 0 Å². The topological polar surface area (TPSA) is 0 Å². The Morgan fingerprint density at radius 3 is 1.50 bits per heavy atom. The molecule has 0 heteroatoms. The summed E-state index contributed by atoms with van der Waals surface area (Å²) in [5.74, 6) is 0. The SMILES string of the molecule is CCCC1(CC)CCCCCCCCCC1. The molecule has 1 aliphatic rings. The van der Waals surface area contributed by atoms with Gasteiger partial charge in [0.25, 0.3) is 0 Å². The van der Waals surface area contributed by atoms with E-state index in [1.807, 2.05) is 0 Å². The Morgan fingerprint density at radius 1 is 0.688 bits per heavy atom.